The molecule has 0 fully saturated rings. The highest BCUT2D eigenvalue weighted by atomic mass is 32.2. The molecule has 1 aliphatic rings. The fraction of sp³-hybridized carbons (Fsp3) is 0. The molecule has 0 aromatic heterocycles. The molecule has 2 aromatic rings. The number of nitrogens with zero attached hydrogens (tertiary/aromatic N) is 5. The summed E-state index contributed by atoms with van der Waals surface area (Å²) < 4.78 is 4.08. The van der Waals surface area contributed by atoms with Gasteiger partial charge in [-0.05, 0) is 36.0 Å². The Morgan fingerprint density at radius 3 is 1.32 bits per heavy atom. The van der Waals surface area contributed by atoms with E-state index in [1.165, 1.54) is 34.1 Å². The fourth-order valence-corrected chi connectivity index (χ4v) is 3.42. The lowest BCUT2D eigenvalue weighted by Crippen LogP contribution is -2.11. The van der Waals surface area contributed by atoms with Crippen molar-refractivity contribution in [1.29, 1.82) is 21.0 Å². The van der Waals surface area contributed by atoms with Crippen LogP contribution in [0.5, 0.6) is 0 Å². The molecule has 117 valence electrons. The Hall–Kier alpha value is -3.20. The summed E-state index contributed by atoms with van der Waals surface area (Å²) >= 11 is 3.11. The molecule has 0 aliphatic carbocycles. The number of fused-ring (bicyclic) bond motifs is 1. The van der Waals surface area contributed by atoms with Crippen molar-refractivity contribution in [3.63, 3.8) is 0 Å². The Kier molecular flexibility index (Phi) is 6.66. The Labute approximate surface area is 153 Å². The van der Waals surface area contributed by atoms with E-state index in [1.54, 1.807) is 48.2 Å². The molecule has 25 heavy (non-hydrogen) atoms. The zero-order valence-electron chi connectivity index (χ0n) is 12.7. The van der Waals surface area contributed by atoms with Gasteiger partial charge in [0.1, 0.15) is 35.4 Å². The second kappa shape index (κ2) is 9.18. The number of nitriles is 4. The summed E-state index contributed by atoms with van der Waals surface area (Å²) in [6.45, 7) is 0. The maximum Gasteiger partial charge on any atom is 0.136 e. The fourth-order valence-electron chi connectivity index (χ4n) is 1.81. The van der Waals surface area contributed by atoms with Crippen LogP contribution in [-0.2, 0) is 0 Å². The summed E-state index contributed by atoms with van der Waals surface area (Å²) in [4.78, 5) is 2.56. The van der Waals surface area contributed by atoms with Crippen LogP contribution >= 0.6 is 23.9 Å². The molecule has 1 radical (unpaired) electrons. The summed E-state index contributed by atoms with van der Waals surface area (Å²) in [5.74, 6) is 0. The molecule has 0 N–H and O–H groups in total. The first-order valence-corrected chi connectivity index (χ1v) is 8.36. The topological polar surface area (TPSA) is 109 Å². The van der Waals surface area contributed by atoms with E-state index in [4.69, 9.17) is 21.0 Å². The van der Waals surface area contributed by atoms with Gasteiger partial charge in [0.15, 0.2) is 0 Å². The van der Waals surface area contributed by atoms with Gasteiger partial charge < -0.3 is 0 Å². The van der Waals surface area contributed by atoms with Crippen molar-refractivity contribution < 1.29 is 0 Å². The van der Waals surface area contributed by atoms with Gasteiger partial charge in [0, 0.05) is 20.2 Å². The monoisotopic (exact) mass is 358 g/mol. The van der Waals surface area contributed by atoms with Crippen LogP contribution in [0.4, 0.5) is 0 Å². The first-order valence-electron chi connectivity index (χ1n) is 6.82. The lowest BCUT2D eigenvalue weighted by molar-refractivity contribution is 1.27. The van der Waals surface area contributed by atoms with Gasteiger partial charge in [0.25, 0.3) is 0 Å². The van der Waals surface area contributed by atoms with Crippen LogP contribution in [0, 0.1) is 45.3 Å². The van der Waals surface area contributed by atoms with E-state index in [-0.39, 0.29) is 11.1 Å². The lowest BCUT2D eigenvalue weighted by Gasteiger charge is -1.88. The maximum atomic E-state index is 8.63. The van der Waals surface area contributed by atoms with E-state index in [0.717, 1.165) is 0 Å². The third-order valence-electron chi connectivity index (χ3n) is 3.03. The van der Waals surface area contributed by atoms with Gasteiger partial charge in [0.2, 0.25) is 0 Å². The third kappa shape index (κ3) is 4.64. The molecule has 0 saturated carbocycles. The Morgan fingerprint density at radius 1 is 0.640 bits per heavy atom. The lowest BCUT2D eigenvalue weighted by atomic mass is 10.1. The molecule has 0 atom stereocenters. The number of hydrogen-bond acceptors (Lipinski definition) is 6. The van der Waals surface area contributed by atoms with Crippen molar-refractivity contribution in [3.8, 4) is 24.3 Å². The molecule has 1 aliphatic heterocycles. The molecule has 2 aromatic carbocycles. The van der Waals surface area contributed by atoms with Crippen LogP contribution in [0.3, 0.4) is 0 Å². The maximum absolute atomic E-state index is 8.63. The van der Waals surface area contributed by atoms with Gasteiger partial charge in [-0.1, -0.05) is 40.5 Å². The van der Waals surface area contributed by atoms with Crippen molar-refractivity contribution in [2.75, 3.05) is 0 Å². The molecule has 7 heteroatoms. The van der Waals surface area contributed by atoms with Crippen LogP contribution in [0.1, 0.15) is 0 Å². The van der Waals surface area contributed by atoms with Crippen LogP contribution in [0.2, 0.25) is 0 Å². The molecule has 0 saturated heterocycles. The highest BCUT2D eigenvalue weighted by Gasteiger charge is 2.10. The quantitative estimate of drug-likeness (QED) is 0.669. The van der Waals surface area contributed by atoms with Crippen LogP contribution < -0.4 is 14.6 Å². The van der Waals surface area contributed by atoms with Gasteiger partial charge in [-0.15, -0.1) is 0 Å². The molecule has 3 rings (SSSR count). The van der Waals surface area contributed by atoms with Crippen molar-refractivity contribution in [1.82, 2.24) is 4.13 Å². The number of benzene rings is 2. The minimum Gasteiger partial charge on any atom is -0.192 e. The zero-order chi connectivity index (χ0) is 18.1. The van der Waals surface area contributed by atoms with E-state index < -0.39 is 0 Å². The Bertz CT molecular complexity index is 937. The Balaban J connectivity index is 0.000000208. The van der Waals surface area contributed by atoms with Gasteiger partial charge in [-0.2, -0.15) is 21.0 Å². The molecule has 0 amide bonds. The first kappa shape index (κ1) is 18.1. The summed E-state index contributed by atoms with van der Waals surface area (Å²) in [5, 5.41) is 35.5. The average Bonchev–Trinajstić information content (AvgIpc) is 3.14. The van der Waals surface area contributed by atoms with Crippen LogP contribution in [0.25, 0.3) is 11.1 Å². The Morgan fingerprint density at radius 2 is 1.00 bits per heavy atom. The average molecular weight is 358 g/mol. The number of hydrogen-bond donors (Lipinski definition) is 0. The molecule has 0 unspecified atom stereocenters. The minimum absolute atomic E-state index is 0.00187. The standard InChI is InChI=1S/C12H4N4.C6H4NS2/c13-5-11(6-14)9-1-2-10(4-3-9)12(7-15)8-16;1-2-4-6-5(3-1)8-7-9-6/h1-4H;1-4H. The van der Waals surface area contributed by atoms with Crippen LogP contribution in [-0.4, -0.2) is 0 Å². The van der Waals surface area contributed by atoms with E-state index >= 15 is 0 Å². The normalized spacial score (nSPS) is 10.6. The van der Waals surface area contributed by atoms with Gasteiger partial charge >= 0.3 is 0 Å². The summed E-state index contributed by atoms with van der Waals surface area (Å²) in [6, 6.07) is 21.4. The van der Waals surface area contributed by atoms with E-state index in [2.05, 4.69) is 16.3 Å². The van der Waals surface area contributed by atoms with Gasteiger partial charge in [0.05, 0.1) is 0 Å². The second-order valence-electron chi connectivity index (χ2n) is 4.48. The zero-order valence-corrected chi connectivity index (χ0v) is 14.3. The molecule has 0 spiro atoms. The number of rotatable bonds is 0. The van der Waals surface area contributed by atoms with E-state index in [1.807, 2.05) is 12.1 Å². The van der Waals surface area contributed by atoms with Crippen molar-refractivity contribution in [2.45, 2.75) is 9.79 Å². The van der Waals surface area contributed by atoms with E-state index in [0.29, 0.717) is 10.4 Å². The molecular weight excluding hydrogens is 350 g/mol. The van der Waals surface area contributed by atoms with Crippen molar-refractivity contribution in [2.24, 2.45) is 0 Å². The van der Waals surface area contributed by atoms with Crippen LogP contribution in [0.15, 0.2) is 58.3 Å². The predicted molar refractivity (Wildman–Crippen MR) is 95.2 cm³/mol. The molecule has 0 bridgehead atoms. The highest BCUT2D eigenvalue weighted by Crippen LogP contribution is 2.37. The minimum atomic E-state index is 0.00187. The summed E-state index contributed by atoms with van der Waals surface area (Å²) in [7, 11) is 0. The summed E-state index contributed by atoms with van der Waals surface area (Å²) in [5.41, 5.74) is 0.00373. The predicted octanol–water partition coefficient (Wildman–Crippen LogP) is 2.40. The van der Waals surface area contributed by atoms with Gasteiger partial charge in [-0.25, -0.2) is 0 Å². The summed E-state index contributed by atoms with van der Waals surface area (Å²) in [6.07, 6.45) is 0. The second-order valence-corrected chi connectivity index (χ2v) is 6.32. The molecule has 1 heterocycles. The van der Waals surface area contributed by atoms with E-state index in [9.17, 15) is 0 Å². The smallest absolute Gasteiger partial charge is 0.136 e. The first-order chi connectivity index (χ1) is 12.2. The highest BCUT2D eigenvalue weighted by molar-refractivity contribution is 8.15. The largest absolute Gasteiger partial charge is 0.192 e. The van der Waals surface area contributed by atoms with Crippen molar-refractivity contribution in [3.05, 3.63) is 59.0 Å². The molecular formula is C18H8N5S2. The van der Waals surface area contributed by atoms with Crippen molar-refractivity contribution >= 4 is 35.0 Å². The SMILES string of the molecule is N#CC(C#N)=c1ccc(=C(C#N)C#N)cc1.c1ccc2c(c1)S[N]S2. The third-order valence-corrected chi connectivity index (χ3v) is 4.86. The molecule has 5 nitrogen and oxygen atoms in total. The van der Waals surface area contributed by atoms with Gasteiger partial charge in [-0.3, -0.25) is 0 Å².